The SMILES string of the molecule is C[C@@H]1CN(C(=O)CSc2nc3sc4c(c3c(=O)n2C)CCCC4)C[C@@H](C)O1. The van der Waals surface area contributed by atoms with Gasteiger partial charge in [-0.15, -0.1) is 11.3 Å². The number of ether oxygens (including phenoxy) is 1. The molecular weight excluding hydrogens is 382 g/mol. The number of hydrogen-bond donors (Lipinski definition) is 0. The van der Waals surface area contributed by atoms with Crippen LogP contribution in [0.5, 0.6) is 0 Å². The van der Waals surface area contributed by atoms with Crippen LogP contribution >= 0.6 is 23.1 Å². The quantitative estimate of drug-likeness (QED) is 0.578. The molecule has 1 aliphatic carbocycles. The summed E-state index contributed by atoms with van der Waals surface area (Å²) in [5, 5.41) is 1.41. The second-order valence-electron chi connectivity index (χ2n) is 7.49. The Morgan fingerprint density at radius 2 is 1.96 bits per heavy atom. The lowest BCUT2D eigenvalue weighted by atomic mass is 9.97. The van der Waals surface area contributed by atoms with Crippen LogP contribution in [0.25, 0.3) is 10.2 Å². The van der Waals surface area contributed by atoms with Crippen LogP contribution in [0.15, 0.2) is 9.95 Å². The number of hydrogen-bond acceptors (Lipinski definition) is 6. The Hall–Kier alpha value is -1.38. The van der Waals surface area contributed by atoms with Crippen molar-refractivity contribution in [1.29, 1.82) is 0 Å². The maximum absolute atomic E-state index is 12.9. The summed E-state index contributed by atoms with van der Waals surface area (Å²) in [6, 6.07) is 0. The zero-order valence-electron chi connectivity index (χ0n) is 16.0. The summed E-state index contributed by atoms with van der Waals surface area (Å²) in [6.07, 6.45) is 4.46. The van der Waals surface area contributed by atoms with Gasteiger partial charge in [0, 0.05) is 25.0 Å². The molecule has 2 aromatic heterocycles. The number of fused-ring (bicyclic) bond motifs is 3. The molecule has 146 valence electrons. The fourth-order valence-corrected chi connectivity index (χ4v) is 6.17. The van der Waals surface area contributed by atoms with Gasteiger partial charge in [0.2, 0.25) is 5.91 Å². The standard InChI is InChI=1S/C19H25N3O3S2/c1-11-8-22(9-12(2)25-11)15(23)10-26-19-20-17-16(18(24)21(19)3)13-6-4-5-7-14(13)27-17/h11-12H,4-10H2,1-3H3/t11-,12-/m1/s1. The second-order valence-corrected chi connectivity index (χ2v) is 9.52. The topological polar surface area (TPSA) is 64.4 Å². The number of nitrogens with zero attached hydrogens (tertiary/aromatic N) is 3. The molecule has 3 heterocycles. The van der Waals surface area contributed by atoms with Gasteiger partial charge in [-0.05, 0) is 45.1 Å². The molecule has 0 bridgehead atoms. The van der Waals surface area contributed by atoms with Gasteiger partial charge in [-0.2, -0.15) is 0 Å². The highest BCUT2D eigenvalue weighted by atomic mass is 32.2. The predicted molar refractivity (Wildman–Crippen MR) is 109 cm³/mol. The van der Waals surface area contributed by atoms with Gasteiger partial charge in [-0.1, -0.05) is 11.8 Å². The van der Waals surface area contributed by atoms with E-state index in [-0.39, 0.29) is 29.4 Å². The van der Waals surface area contributed by atoms with Crippen molar-refractivity contribution >= 4 is 39.2 Å². The van der Waals surface area contributed by atoms with Gasteiger partial charge in [0.25, 0.3) is 5.56 Å². The lowest BCUT2D eigenvalue weighted by Gasteiger charge is -2.35. The summed E-state index contributed by atoms with van der Waals surface area (Å²) in [5.41, 5.74) is 1.22. The normalized spacial score (nSPS) is 22.9. The highest BCUT2D eigenvalue weighted by Crippen LogP contribution is 2.34. The zero-order chi connectivity index (χ0) is 19.1. The molecule has 0 N–H and O–H groups in total. The van der Waals surface area contributed by atoms with Gasteiger partial charge in [0.15, 0.2) is 5.16 Å². The van der Waals surface area contributed by atoms with Gasteiger partial charge >= 0.3 is 0 Å². The van der Waals surface area contributed by atoms with Crippen LogP contribution in [0.2, 0.25) is 0 Å². The van der Waals surface area contributed by atoms with E-state index in [0.29, 0.717) is 18.2 Å². The van der Waals surface area contributed by atoms with Crippen molar-refractivity contribution in [3.63, 3.8) is 0 Å². The van der Waals surface area contributed by atoms with Gasteiger partial charge < -0.3 is 9.64 Å². The maximum atomic E-state index is 12.9. The smallest absolute Gasteiger partial charge is 0.262 e. The third-order valence-corrected chi connectivity index (χ3v) is 7.45. The Kier molecular flexibility index (Phi) is 5.31. The second kappa shape index (κ2) is 7.56. The first kappa shape index (κ1) is 19.0. The van der Waals surface area contributed by atoms with E-state index in [9.17, 15) is 9.59 Å². The van der Waals surface area contributed by atoms with Crippen molar-refractivity contribution in [2.24, 2.45) is 7.05 Å². The number of rotatable bonds is 3. The summed E-state index contributed by atoms with van der Waals surface area (Å²) in [4.78, 5) is 34.3. The van der Waals surface area contributed by atoms with Crippen LogP contribution in [-0.2, 0) is 29.4 Å². The summed E-state index contributed by atoms with van der Waals surface area (Å²) < 4.78 is 7.30. The Morgan fingerprint density at radius 1 is 1.26 bits per heavy atom. The number of carbonyl (C=O) groups is 1. The summed E-state index contributed by atoms with van der Waals surface area (Å²) in [6.45, 7) is 5.21. The van der Waals surface area contributed by atoms with Crippen molar-refractivity contribution in [2.75, 3.05) is 18.8 Å². The molecule has 1 aliphatic heterocycles. The first-order chi connectivity index (χ1) is 12.9. The highest BCUT2D eigenvalue weighted by molar-refractivity contribution is 7.99. The molecule has 2 aliphatic rings. The van der Waals surface area contributed by atoms with Gasteiger partial charge in [0.1, 0.15) is 4.83 Å². The number of aromatic nitrogens is 2. The average molecular weight is 408 g/mol. The summed E-state index contributed by atoms with van der Waals surface area (Å²) >= 11 is 3.00. The Morgan fingerprint density at radius 3 is 2.70 bits per heavy atom. The number of amides is 1. The van der Waals surface area contributed by atoms with Crippen LogP contribution in [0.3, 0.4) is 0 Å². The molecule has 2 aromatic rings. The summed E-state index contributed by atoms with van der Waals surface area (Å²) in [5.74, 6) is 0.359. The minimum atomic E-state index is 0.0166. The Labute approximate surface area is 166 Å². The molecule has 1 fully saturated rings. The molecule has 0 radical (unpaired) electrons. The zero-order valence-corrected chi connectivity index (χ0v) is 17.6. The Bertz CT molecular complexity index is 926. The molecule has 0 aromatic carbocycles. The fraction of sp³-hybridized carbons (Fsp3) is 0.632. The van der Waals surface area contributed by atoms with Gasteiger partial charge in [0.05, 0.1) is 23.3 Å². The maximum Gasteiger partial charge on any atom is 0.262 e. The molecule has 0 spiro atoms. The van der Waals surface area contributed by atoms with E-state index in [2.05, 4.69) is 0 Å². The minimum Gasteiger partial charge on any atom is -0.372 e. The van der Waals surface area contributed by atoms with Gasteiger partial charge in [-0.3, -0.25) is 14.2 Å². The van der Waals surface area contributed by atoms with Crippen molar-refractivity contribution in [1.82, 2.24) is 14.5 Å². The molecule has 8 heteroatoms. The van der Waals surface area contributed by atoms with Crippen LogP contribution in [0, 0.1) is 0 Å². The molecule has 0 saturated carbocycles. The first-order valence-corrected chi connectivity index (χ1v) is 11.3. The minimum absolute atomic E-state index is 0.0166. The van der Waals surface area contributed by atoms with E-state index < -0.39 is 0 Å². The van der Waals surface area contributed by atoms with Crippen LogP contribution in [0.4, 0.5) is 0 Å². The van der Waals surface area contributed by atoms with E-state index >= 15 is 0 Å². The van der Waals surface area contributed by atoms with Crippen LogP contribution in [-0.4, -0.2) is 51.4 Å². The van der Waals surface area contributed by atoms with E-state index in [0.717, 1.165) is 29.5 Å². The van der Waals surface area contributed by atoms with Crippen LogP contribution < -0.4 is 5.56 Å². The predicted octanol–water partition coefficient (Wildman–Crippen LogP) is 2.60. The lowest BCUT2D eigenvalue weighted by Crippen LogP contribution is -2.48. The molecule has 6 nitrogen and oxygen atoms in total. The van der Waals surface area contributed by atoms with Crippen LogP contribution in [0.1, 0.15) is 37.1 Å². The molecule has 0 unspecified atom stereocenters. The van der Waals surface area contributed by atoms with E-state index in [1.54, 1.807) is 23.0 Å². The first-order valence-electron chi connectivity index (χ1n) is 9.51. The van der Waals surface area contributed by atoms with E-state index in [1.807, 2.05) is 18.7 Å². The average Bonchev–Trinajstić information content (AvgIpc) is 3.00. The van der Waals surface area contributed by atoms with E-state index in [1.165, 1.54) is 28.6 Å². The molecule has 2 atom stereocenters. The van der Waals surface area contributed by atoms with Crippen molar-refractivity contribution in [3.8, 4) is 0 Å². The number of thiophene rings is 1. The van der Waals surface area contributed by atoms with Crippen molar-refractivity contribution in [3.05, 3.63) is 20.8 Å². The highest BCUT2D eigenvalue weighted by Gasteiger charge is 2.26. The number of morpholine rings is 1. The lowest BCUT2D eigenvalue weighted by molar-refractivity contribution is -0.140. The summed E-state index contributed by atoms with van der Waals surface area (Å²) in [7, 11) is 1.76. The number of carbonyl (C=O) groups excluding carboxylic acids is 1. The van der Waals surface area contributed by atoms with Crippen molar-refractivity contribution < 1.29 is 9.53 Å². The third kappa shape index (κ3) is 3.67. The molecule has 27 heavy (non-hydrogen) atoms. The fourth-order valence-electron chi connectivity index (χ4n) is 4.00. The molecule has 1 saturated heterocycles. The molecular formula is C19H25N3O3S2. The number of thioether (sulfide) groups is 1. The van der Waals surface area contributed by atoms with Gasteiger partial charge in [-0.25, -0.2) is 4.98 Å². The van der Waals surface area contributed by atoms with E-state index in [4.69, 9.17) is 9.72 Å². The number of aryl methyl sites for hydroxylation is 2. The largest absolute Gasteiger partial charge is 0.372 e. The monoisotopic (exact) mass is 407 g/mol. The third-order valence-electron chi connectivity index (χ3n) is 5.25. The molecule has 1 amide bonds. The Balaban J connectivity index is 1.55. The molecule has 4 rings (SSSR count). The van der Waals surface area contributed by atoms with Crippen molar-refractivity contribution in [2.45, 2.75) is 56.9 Å².